The summed E-state index contributed by atoms with van der Waals surface area (Å²) in [6.45, 7) is 1.76. The summed E-state index contributed by atoms with van der Waals surface area (Å²) in [7, 11) is 0. The Hall–Kier alpha value is -2.28. The van der Waals surface area contributed by atoms with Crippen molar-refractivity contribution in [2.75, 3.05) is 6.61 Å². The average molecular weight is 386 g/mol. The first-order valence-corrected chi connectivity index (χ1v) is 10.3. The Bertz CT molecular complexity index is 836. The fourth-order valence-corrected chi connectivity index (χ4v) is 5.01. The second kappa shape index (κ2) is 7.38. The SMILES string of the molecule is CC(C(=O)OCCc1nc2ccccc2s1)N1C(=O)C2CCCCC2C1=O. The maximum absolute atomic E-state index is 12.6. The lowest BCUT2D eigenvalue weighted by Gasteiger charge is -2.21. The number of para-hydroxylation sites is 1. The minimum absolute atomic E-state index is 0.187. The van der Waals surface area contributed by atoms with E-state index in [0.29, 0.717) is 6.42 Å². The number of esters is 1. The van der Waals surface area contributed by atoms with Crippen molar-refractivity contribution < 1.29 is 19.1 Å². The molecule has 4 rings (SSSR count). The van der Waals surface area contributed by atoms with E-state index in [1.165, 1.54) is 0 Å². The number of hydrogen-bond acceptors (Lipinski definition) is 6. The van der Waals surface area contributed by atoms with E-state index in [0.717, 1.165) is 45.8 Å². The number of thiazole rings is 1. The molecular formula is C20H22N2O4S. The number of fused-ring (bicyclic) bond motifs is 2. The number of amides is 2. The minimum Gasteiger partial charge on any atom is -0.464 e. The molecule has 27 heavy (non-hydrogen) atoms. The topological polar surface area (TPSA) is 76.6 Å². The van der Waals surface area contributed by atoms with Gasteiger partial charge in [-0.2, -0.15) is 0 Å². The van der Waals surface area contributed by atoms with Gasteiger partial charge < -0.3 is 4.74 Å². The van der Waals surface area contributed by atoms with Crippen molar-refractivity contribution in [2.24, 2.45) is 11.8 Å². The van der Waals surface area contributed by atoms with Gasteiger partial charge in [0.2, 0.25) is 11.8 Å². The van der Waals surface area contributed by atoms with Gasteiger partial charge in [0.1, 0.15) is 6.04 Å². The summed E-state index contributed by atoms with van der Waals surface area (Å²) in [5.74, 6) is -1.44. The van der Waals surface area contributed by atoms with E-state index in [-0.39, 0.29) is 30.3 Å². The monoisotopic (exact) mass is 386 g/mol. The van der Waals surface area contributed by atoms with Gasteiger partial charge in [0.25, 0.3) is 0 Å². The van der Waals surface area contributed by atoms with Gasteiger partial charge in [0.15, 0.2) is 0 Å². The van der Waals surface area contributed by atoms with Crippen molar-refractivity contribution in [3.05, 3.63) is 29.3 Å². The molecule has 142 valence electrons. The van der Waals surface area contributed by atoms with Gasteiger partial charge in [-0.3, -0.25) is 14.5 Å². The molecule has 0 N–H and O–H groups in total. The van der Waals surface area contributed by atoms with Gasteiger partial charge in [0.05, 0.1) is 33.7 Å². The number of likely N-dealkylation sites (tertiary alicyclic amines) is 1. The number of carbonyl (C=O) groups is 3. The summed E-state index contributed by atoms with van der Waals surface area (Å²) >= 11 is 1.58. The molecule has 2 aromatic rings. The molecule has 1 aliphatic heterocycles. The molecule has 0 spiro atoms. The van der Waals surface area contributed by atoms with Crippen LogP contribution in [-0.4, -0.2) is 40.3 Å². The summed E-state index contributed by atoms with van der Waals surface area (Å²) < 4.78 is 6.45. The smallest absolute Gasteiger partial charge is 0.329 e. The van der Waals surface area contributed by atoms with Crippen LogP contribution in [0.4, 0.5) is 0 Å². The second-order valence-corrected chi connectivity index (χ2v) is 8.33. The summed E-state index contributed by atoms with van der Waals surface area (Å²) in [6, 6.07) is 7.00. The number of hydrogen-bond donors (Lipinski definition) is 0. The highest BCUT2D eigenvalue weighted by molar-refractivity contribution is 7.18. The van der Waals surface area contributed by atoms with E-state index in [4.69, 9.17) is 4.74 Å². The van der Waals surface area contributed by atoms with E-state index in [9.17, 15) is 14.4 Å². The van der Waals surface area contributed by atoms with Crippen LogP contribution in [0.15, 0.2) is 24.3 Å². The number of ether oxygens (including phenoxy) is 1. The second-order valence-electron chi connectivity index (χ2n) is 7.21. The van der Waals surface area contributed by atoms with Gasteiger partial charge in [-0.1, -0.05) is 25.0 Å². The van der Waals surface area contributed by atoms with Crippen LogP contribution in [-0.2, 0) is 25.5 Å². The zero-order chi connectivity index (χ0) is 19.0. The zero-order valence-electron chi connectivity index (χ0n) is 15.2. The van der Waals surface area contributed by atoms with E-state index in [1.807, 2.05) is 24.3 Å². The van der Waals surface area contributed by atoms with Gasteiger partial charge in [-0.25, -0.2) is 9.78 Å². The van der Waals surface area contributed by atoms with Crippen LogP contribution >= 0.6 is 11.3 Å². The first-order valence-electron chi connectivity index (χ1n) is 9.44. The Morgan fingerprint density at radius 3 is 2.56 bits per heavy atom. The molecular weight excluding hydrogens is 364 g/mol. The average Bonchev–Trinajstić information content (AvgIpc) is 3.20. The van der Waals surface area contributed by atoms with Gasteiger partial charge in [0, 0.05) is 6.42 Å². The highest BCUT2D eigenvalue weighted by Gasteiger charge is 2.51. The van der Waals surface area contributed by atoms with Crippen LogP contribution in [0.25, 0.3) is 10.2 Å². The van der Waals surface area contributed by atoms with E-state index >= 15 is 0 Å². The summed E-state index contributed by atoms with van der Waals surface area (Å²) in [6.07, 6.45) is 3.94. The summed E-state index contributed by atoms with van der Waals surface area (Å²) in [5.41, 5.74) is 0.938. The van der Waals surface area contributed by atoms with Gasteiger partial charge in [-0.15, -0.1) is 11.3 Å². The normalized spacial score (nSPS) is 23.5. The van der Waals surface area contributed by atoms with E-state index in [1.54, 1.807) is 18.3 Å². The van der Waals surface area contributed by atoms with E-state index < -0.39 is 12.0 Å². The first-order chi connectivity index (χ1) is 13.1. The Balaban J connectivity index is 1.35. The number of carbonyl (C=O) groups excluding carboxylic acids is 3. The third-order valence-corrected chi connectivity index (χ3v) is 6.60. The molecule has 2 aliphatic rings. The lowest BCUT2D eigenvalue weighted by atomic mass is 9.81. The molecule has 3 atom stereocenters. The molecule has 2 heterocycles. The molecule has 6 nitrogen and oxygen atoms in total. The van der Waals surface area contributed by atoms with Crippen LogP contribution in [0.1, 0.15) is 37.6 Å². The van der Waals surface area contributed by atoms with E-state index in [2.05, 4.69) is 4.98 Å². The van der Waals surface area contributed by atoms with Crippen molar-refractivity contribution >= 4 is 39.3 Å². The van der Waals surface area contributed by atoms with Crippen LogP contribution in [0.5, 0.6) is 0 Å². The molecule has 0 bridgehead atoms. The third-order valence-electron chi connectivity index (χ3n) is 5.50. The maximum Gasteiger partial charge on any atom is 0.329 e. The fraction of sp³-hybridized carbons (Fsp3) is 0.500. The predicted molar refractivity (Wildman–Crippen MR) is 101 cm³/mol. The van der Waals surface area contributed by atoms with Crippen molar-refractivity contribution in [3.63, 3.8) is 0 Å². The van der Waals surface area contributed by atoms with Crippen molar-refractivity contribution in [3.8, 4) is 0 Å². The maximum atomic E-state index is 12.6. The number of aromatic nitrogens is 1. The van der Waals surface area contributed by atoms with Crippen LogP contribution in [0, 0.1) is 11.8 Å². The molecule has 0 radical (unpaired) electrons. The highest BCUT2D eigenvalue weighted by atomic mass is 32.1. The molecule has 1 aliphatic carbocycles. The largest absolute Gasteiger partial charge is 0.464 e. The summed E-state index contributed by atoms with van der Waals surface area (Å²) in [4.78, 5) is 43.2. The van der Waals surface area contributed by atoms with Crippen molar-refractivity contribution in [1.29, 1.82) is 0 Å². The Morgan fingerprint density at radius 2 is 1.89 bits per heavy atom. The molecule has 1 aromatic carbocycles. The van der Waals surface area contributed by atoms with Crippen molar-refractivity contribution in [2.45, 2.75) is 45.1 Å². The molecule has 3 unspecified atom stereocenters. The van der Waals surface area contributed by atoms with Crippen LogP contribution in [0.3, 0.4) is 0 Å². The number of rotatable bonds is 5. The number of imide groups is 1. The Labute approximate surface area is 161 Å². The van der Waals surface area contributed by atoms with Crippen molar-refractivity contribution in [1.82, 2.24) is 9.88 Å². The Morgan fingerprint density at radius 1 is 1.22 bits per heavy atom. The van der Waals surface area contributed by atoms with Crippen LogP contribution < -0.4 is 0 Å². The quantitative estimate of drug-likeness (QED) is 0.583. The first kappa shape index (κ1) is 18.1. The lowest BCUT2D eigenvalue weighted by molar-refractivity contribution is -0.158. The number of nitrogens with zero attached hydrogens (tertiary/aromatic N) is 2. The summed E-state index contributed by atoms with van der Waals surface area (Å²) in [5, 5.41) is 0.899. The molecule has 7 heteroatoms. The molecule has 1 aromatic heterocycles. The van der Waals surface area contributed by atoms with Gasteiger partial charge in [-0.05, 0) is 31.9 Å². The zero-order valence-corrected chi connectivity index (χ0v) is 16.0. The lowest BCUT2D eigenvalue weighted by Crippen LogP contribution is -2.44. The minimum atomic E-state index is -0.869. The molecule has 2 fully saturated rings. The predicted octanol–water partition coefficient (Wildman–Crippen LogP) is 2.95. The number of benzene rings is 1. The molecule has 1 saturated heterocycles. The standard InChI is InChI=1S/C20H22N2O4S/c1-12(22-18(23)13-6-2-3-7-14(13)19(22)24)20(25)26-11-10-17-21-15-8-4-5-9-16(15)27-17/h4-5,8-9,12-14H,2-3,6-7,10-11H2,1H3. The molecule has 2 amide bonds. The highest BCUT2D eigenvalue weighted by Crippen LogP contribution is 2.38. The fourth-order valence-electron chi connectivity index (χ4n) is 4.06. The van der Waals surface area contributed by atoms with Crippen LogP contribution in [0.2, 0.25) is 0 Å². The van der Waals surface area contributed by atoms with Gasteiger partial charge >= 0.3 is 5.97 Å². The molecule has 1 saturated carbocycles. The Kier molecular flexibility index (Phi) is 4.95. The third kappa shape index (κ3) is 3.36.